The van der Waals surface area contributed by atoms with Gasteiger partial charge >= 0.3 is 5.97 Å². The molecule has 0 atom stereocenters. The van der Waals surface area contributed by atoms with Crippen LogP contribution in [0.5, 0.6) is 11.5 Å². The fourth-order valence-electron chi connectivity index (χ4n) is 2.97. The van der Waals surface area contributed by atoms with Gasteiger partial charge in [0.2, 0.25) is 5.91 Å². The topological polar surface area (TPSA) is 97.2 Å². The second-order valence-electron chi connectivity index (χ2n) is 7.15. The van der Waals surface area contributed by atoms with Crippen molar-refractivity contribution in [2.45, 2.75) is 20.0 Å². The standard InChI is InChI=1S/C25H22FIN2O5/c1-2-33-22-12-18(14-28-29-23(30)13-16-5-9-20(26)10-6-16)11-21(27)24(22)34-15-17-3-7-19(8-4-17)25(31)32/h3-12,14H,2,13,15H2,1H3,(H,29,30)(H,31,32)/b28-14+. The van der Waals surface area contributed by atoms with Gasteiger partial charge in [-0.2, -0.15) is 5.10 Å². The molecule has 0 saturated heterocycles. The molecule has 7 nitrogen and oxygen atoms in total. The van der Waals surface area contributed by atoms with Gasteiger partial charge in [0.15, 0.2) is 11.5 Å². The maximum Gasteiger partial charge on any atom is 0.335 e. The first-order chi connectivity index (χ1) is 16.4. The van der Waals surface area contributed by atoms with Gasteiger partial charge in [-0.25, -0.2) is 14.6 Å². The molecule has 0 aliphatic heterocycles. The number of carbonyl (C=O) groups excluding carboxylic acids is 1. The van der Waals surface area contributed by atoms with Crippen LogP contribution in [0.2, 0.25) is 0 Å². The van der Waals surface area contributed by atoms with Gasteiger partial charge in [-0.15, -0.1) is 0 Å². The zero-order valence-electron chi connectivity index (χ0n) is 18.3. The van der Waals surface area contributed by atoms with Crippen LogP contribution in [-0.2, 0) is 17.8 Å². The number of hydrogen-bond donors (Lipinski definition) is 2. The van der Waals surface area contributed by atoms with Crippen LogP contribution in [0, 0.1) is 9.39 Å². The number of halogens is 2. The average molecular weight is 576 g/mol. The molecule has 2 N–H and O–H groups in total. The van der Waals surface area contributed by atoms with Crippen molar-refractivity contribution >= 4 is 40.7 Å². The molecule has 0 aliphatic carbocycles. The van der Waals surface area contributed by atoms with Crippen LogP contribution < -0.4 is 14.9 Å². The Bertz CT molecular complexity index is 1180. The van der Waals surface area contributed by atoms with Gasteiger partial charge in [0, 0.05) is 0 Å². The maximum absolute atomic E-state index is 13.0. The molecule has 3 aromatic rings. The summed E-state index contributed by atoms with van der Waals surface area (Å²) < 4.78 is 25.4. The second-order valence-corrected chi connectivity index (χ2v) is 8.31. The van der Waals surface area contributed by atoms with Crippen molar-refractivity contribution in [2.75, 3.05) is 6.61 Å². The SMILES string of the molecule is CCOc1cc(/C=N/NC(=O)Cc2ccc(F)cc2)cc(I)c1OCc1ccc(C(=O)O)cc1. The van der Waals surface area contributed by atoms with Crippen LogP contribution in [0.1, 0.15) is 34.0 Å². The van der Waals surface area contributed by atoms with Crippen LogP contribution in [0.3, 0.4) is 0 Å². The summed E-state index contributed by atoms with van der Waals surface area (Å²) in [5.74, 6) is -0.579. The van der Waals surface area contributed by atoms with Crippen LogP contribution >= 0.6 is 22.6 Å². The van der Waals surface area contributed by atoms with Crippen LogP contribution in [0.15, 0.2) is 65.8 Å². The fraction of sp³-hybridized carbons (Fsp3) is 0.160. The van der Waals surface area contributed by atoms with Crippen molar-refractivity contribution < 1.29 is 28.6 Å². The Balaban J connectivity index is 1.65. The molecule has 3 aromatic carbocycles. The van der Waals surface area contributed by atoms with E-state index >= 15 is 0 Å². The average Bonchev–Trinajstić information content (AvgIpc) is 2.80. The van der Waals surface area contributed by atoms with Crippen molar-refractivity contribution in [3.63, 3.8) is 0 Å². The van der Waals surface area contributed by atoms with E-state index in [-0.39, 0.29) is 30.3 Å². The number of rotatable bonds is 10. The van der Waals surface area contributed by atoms with Gasteiger partial charge in [-0.3, -0.25) is 4.79 Å². The molecule has 0 spiro atoms. The number of hydrazone groups is 1. The van der Waals surface area contributed by atoms with E-state index in [4.69, 9.17) is 14.6 Å². The Kier molecular flexibility index (Phi) is 8.97. The van der Waals surface area contributed by atoms with Gasteiger partial charge in [-0.1, -0.05) is 24.3 Å². The van der Waals surface area contributed by atoms with Crippen molar-refractivity contribution in [1.29, 1.82) is 0 Å². The Morgan fingerprint density at radius 3 is 2.38 bits per heavy atom. The third-order valence-corrected chi connectivity index (χ3v) is 5.40. The van der Waals surface area contributed by atoms with Crippen molar-refractivity contribution in [1.82, 2.24) is 5.43 Å². The lowest BCUT2D eigenvalue weighted by Gasteiger charge is -2.15. The molecule has 0 aromatic heterocycles. The minimum absolute atomic E-state index is 0.0829. The molecule has 1 amide bonds. The number of amides is 1. The van der Waals surface area contributed by atoms with Crippen molar-refractivity contribution in [3.8, 4) is 11.5 Å². The van der Waals surface area contributed by atoms with Crippen molar-refractivity contribution in [3.05, 3.63) is 92.3 Å². The summed E-state index contributed by atoms with van der Waals surface area (Å²) in [5.41, 5.74) is 4.87. The summed E-state index contributed by atoms with van der Waals surface area (Å²) in [6.45, 7) is 2.52. The molecule has 0 fully saturated rings. The number of ether oxygens (including phenoxy) is 2. The molecule has 176 valence electrons. The van der Waals surface area contributed by atoms with E-state index < -0.39 is 5.97 Å². The fourth-order valence-corrected chi connectivity index (χ4v) is 3.75. The number of hydrogen-bond acceptors (Lipinski definition) is 5. The van der Waals surface area contributed by atoms with Crippen LogP contribution in [-0.4, -0.2) is 29.8 Å². The summed E-state index contributed by atoms with van der Waals surface area (Å²) in [6, 6.07) is 15.8. The van der Waals surface area contributed by atoms with Gasteiger partial charge in [0.05, 0.1) is 28.4 Å². The molecule has 0 saturated carbocycles. The van der Waals surface area contributed by atoms with E-state index in [0.717, 1.165) is 9.13 Å². The zero-order chi connectivity index (χ0) is 24.5. The normalized spacial score (nSPS) is 10.8. The highest BCUT2D eigenvalue weighted by atomic mass is 127. The summed E-state index contributed by atoms with van der Waals surface area (Å²) in [6.07, 6.45) is 1.58. The monoisotopic (exact) mass is 576 g/mol. The first-order valence-corrected chi connectivity index (χ1v) is 11.4. The lowest BCUT2D eigenvalue weighted by atomic mass is 10.1. The first kappa shape index (κ1) is 25.2. The van der Waals surface area contributed by atoms with Crippen molar-refractivity contribution in [2.24, 2.45) is 5.10 Å². The van der Waals surface area contributed by atoms with E-state index in [9.17, 15) is 14.0 Å². The number of carboxylic acids is 1. The number of carboxylic acid groups (broad SMARTS) is 1. The van der Waals surface area contributed by atoms with E-state index in [1.54, 1.807) is 30.3 Å². The predicted molar refractivity (Wildman–Crippen MR) is 134 cm³/mol. The summed E-state index contributed by atoms with van der Waals surface area (Å²) in [5, 5.41) is 13.0. The second kappa shape index (κ2) is 12.1. The Hall–Kier alpha value is -3.47. The number of carbonyl (C=O) groups is 2. The molecular formula is C25H22FIN2O5. The van der Waals surface area contributed by atoms with E-state index in [2.05, 4.69) is 33.1 Å². The molecular weight excluding hydrogens is 554 g/mol. The smallest absolute Gasteiger partial charge is 0.335 e. The minimum Gasteiger partial charge on any atom is -0.490 e. The number of aromatic carboxylic acids is 1. The molecule has 0 bridgehead atoms. The van der Waals surface area contributed by atoms with E-state index in [1.807, 2.05) is 13.0 Å². The summed E-state index contributed by atoms with van der Waals surface area (Å²) >= 11 is 2.13. The first-order valence-electron chi connectivity index (χ1n) is 10.3. The highest BCUT2D eigenvalue weighted by Gasteiger charge is 2.13. The van der Waals surface area contributed by atoms with Gasteiger partial charge in [-0.05, 0) is 82.6 Å². The minimum atomic E-state index is -0.982. The Morgan fingerprint density at radius 2 is 1.74 bits per heavy atom. The lowest BCUT2D eigenvalue weighted by molar-refractivity contribution is -0.120. The third-order valence-electron chi connectivity index (χ3n) is 4.60. The molecule has 0 unspecified atom stereocenters. The van der Waals surface area contributed by atoms with Crippen LogP contribution in [0.4, 0.5) is 4.39 Å². The quantitative estimate of drug-likeness (QED) is 0.206. The molecule has 9 heteroatoms. The molecule has 3 rings (SSSR count). The summed E-state index contributed by atoms with van der Waals surface area (Å²) in [4.78, 5) is 23.1. The van der Waals surface area contributed by atoms with E-state index in [0.29, 0.717) is 29.2 Å². The number of nitrogens with zero attached hydrogens (tertiary/aromatic N) is 1. The van der Waals surface area contributed by atoms with Crippen LogP contribution in [0.25, 0.3) is 0 Å². The van der Waals surface area contributed by atoms with Gasteiger partial charge in [0.1, 0.15) is 12.4 Å². The van der Waals surface area contributed by atoms with E-state index in [1.165, 1.54) is 30.5 Å². The highest BCUT2D eigenvalue weighted by Crippen LogP contribution is 2.34. The third kappa shape index (κ3) is 7.27. The largest absolute Gasteiger partial charge is 0.490 e. The van der Waals surface area contributed by atoms with Gasteiger partial charge < -0.3 is 14.6 Å². The summed E-state index contributed by atoms with van der Waals surface area (Å²) in [7, 11) is 0. The highest BCUT2D eigenvalue weighted by molar-refractivity contribution is 14.1. The predicted octanol–water partition coefficient (Wildman–Crippen LogP) is 4.80. The lowest BCUT2D eigenvalue weighted by Crippen LogP contribution is -2.19. The maximum atomic E-state index is 13.0. The molecule has 0 aliphatic rings. The molecule has 0 heterocycles. The Morgan fingerprint density at radius 1 is 1.06 bits per heavy atom. The zero-order valence-corrected chi connectivity index (χ0v) is 20.4. The Labute approximate surface area is 209 Å². The molecule has 0 radical (unpaired) electrons. The van der Waals surface area contributed by atoms with Gasteiger partial charge in [0.25, 0.3) is 0 Å². The molecule has 34 heavy (non-hydrogen) atoms. The number of benzene rings is 3. The number of nitrogens with one attached hydrogen (secondary N) is 1.